The molecule has 0 spiro atoms. The van der Waals surface area contributed by atoms with Gasteiger partial charge >= 0.3 is 5.91 Å². The Morgan fingerprint density at radius 2 is 1.71 bits per heavy atom. The van der Waals surface area contributed by atoms with Crippen LogP contribution in [0.2, 0.25) is 0 Å². The molecule has 0 saturated carbocycles. The number of aromatic nitrogens is 3. The number of pyridine rings is 1. The Morgan fingerprint density at radius 1 is 1.00 bits per heavy atom. The first-order chi connectivity index (χ1) is 16.2. The maximum Gasteiger partial charge on any atom is 0.301 e. The highest BCUT2D eigenvalue weighted by atomic mass is 16.3. The molecule has 0 bridgehead atoms. The molecule has 1 aromatic carbocycles. The summed E-state index contributed by atoms with van der Waals surface area (Å²) in [6.07, 6.45) is 1.61. The van der Waals surface area contributed by atoms with Gasteiger partial charge in [-0.1, -0.05) is 44.2 Å². The molecule has 1 aliphatic heterocycles. The fraction of sp³-hybridized carbons (Fsp3) is 0.269. The Balaban J connectivity index is 1.89. The molecule has 4 rings (SSSR count). The number of aliphatic hydroxyl groups excluding tert-OH is 1. The minimum absolute atomic E-state index is 0.0101. The van der Waals surface area contributed by atoms with Crippen LogP contribution in [-0.2, 0) is 9.59 Å². The topological polar surface area (TPSA) is 99.5 Å². The second kappa shape index (κ2) is 9.05. The summed E-state index contributed by atoms with van der Waals surface area (Å²) < 4.78 is 0. The molecule has 1 fully saturated rings. The summed E-state index contributed by atoms with van der Waals surface area (Å²) in [5.74, 6) is -0.528. The van der Waals surface area contributed by atoms with E-state index in [4.69, 9.17) is 0 Å². The van der Waals surface area contributed by atoms with Gasteiger partial charge in [0.1, 0.15) is 11.6 Å². The number of aryl methyl sites for hydroxylation is 1. The number of amides is 1. The van der Waals surface area contributed by atoms with Gasteiger partial charge in [0.2, 0.25) is 0 Å². The van der Waals surface area contributed by atoms with Crippen LogP contribution in [0.15, 0.2) is 60.3 Å². The number of ketones is 1. The number of anilines is 2. The van der Waals surface area contributed by atoms with Crippen molar-refractivity contribution in [3.63, 3.8) is 0 Å². The Bertz CT molecular complexity index is 1250. The number of rotatable bonds is 5. The van der Waals surface area contributed by atoms with Crippen molar-refractivity contribution in [3.05, 3.63) is 82.7 Å². The molecule has 1 amide bonds. The first-order valence-electron chi connectivity index (χ1n) is 11.0. The van der Waals surface area contributed by atoms with E-state index in [0.29, 0.717) is 22.7 Å². The molecular formula is C26H27N5O3. The molecule has 8 nitrogen and oxygen atoms in total. The van der Waals surface area contributed by atoms with E-state index in [-0.39, 0.29) is 17.2 Å². The minimum Gasteiger partial charge on any atom is -0.507 e. The van der Waals surface area contributed by atoms with Crippen LogP contribution in [-0.4, -0.2) is 46.1 Å². The van der Waals surface area contributed by atoms with Crippen LogP contribution >= 0.6 is 0 Å². The molecule has 3 heterocycles. The van der Waals surface area contributed by atoms with Crippen molar-refractivity contribution < 1.29 is 14.7 Å². The van der Waals surface area contributed by atoms with Gasteiger partial charge in [-0.15, -0.1) is 5.10 Å². The summed E-state index contributed by atoms with van der Waals surface area (Å²) >= 11 is 0. The fourth-order valence-electron chi connectivity index (χ4n) is 3.91. The SMILES string of the molecule is Cc1ccc(N2C(=O)C(=O)C(=C(O)c3ccc(C(C)C)cc3)C2c2ccc(N(C)C)nc2)nn1. The van der Waals surface area contributed by atoms with Crippen LogP contribution in [0.25, 0.3) is 5.76 Å². The summed E-state index contributed by atoms with van der Waals surface area (Å²) in [4.78, 5) is 34.0. The number of benzene rings is 1. The summed E-state index contributed by atoms with van der Waals surface area (Å²) in [5.41, 5.74) is 2.81. The second-order valence-corrected chi connectivity index (χ2v) is 8.82. The van der Waals surface area contributed by atoms with E-state index in [2.05, 4.69) is 29.0 Å². The molecule has 2 aromatic heterocycles. The van der Waals surface area contributed by atoms with Crippen molar-refractivity contribution in [2.45, 2.75) is 32.7 Å². The van der Waals surface area contributed by atoms with Gasteiger partial charge in [0.15, 0.2) is 5.82 Å². The highest BCUT2D eigenvalue weighted by Crippen LogP contribution is 2.41. The summed E-state index contributed by atoms with van der Waals surface area (Å²) in [5, 5.41) is 19.4. The zero-order valence-corrected chi connectivity index (χ0v) is 19.9. The largest absolute Gasteiger partial charge is 0.507 e. The molecule has 1 unspecified atom stereocenters. The first-order valence-corrected chi connectivity index (χ1v) is 11.0. The van der Waals surface area contributed by atoms with E-state index in [9.17, 15) is 14.7 Å². The van der Waals surface area contributed by atoms with Crippen LogP contribution in [0.4, 0.5) is 11.6 Å². The van der Waals surface area contributed by atoms with Crippen molar-refractivity contribution in [2.24, 2.45) is 0 Å². The van der Waals surface area contributed by atoms with Gasteiger partial charge in [-0.25, -0.2) is 4.98 Å². The lowest BCUT2D eigenvalue weighted by Crippen LogP contribution is -2.30. The fourth-order valence-corrected chi connectivity index (χ4v) is 3.91. The number of aliphatic hydroxyl groups is 1. The van der Waals surface area contributed by atoms with Gasteiger partial charge in [0.25, 0.3) is 5.78 Å². The van der Waals surface area contributed by atoms with E-state index >= 15 is 0 Å². The Hall–Kier alpha value is -4.07. The Morgan fingerprint density at radius 3 is 2.24 bits per heavy atom. The number of hydrogen-bond acceptors (Lipinski definition) is 7. The molecule has 1 N–H and O–H groups in total. The maximum atomic E-state index is 13.2. The molecule has 3 aromatic rings. The number of hydrogen-bond donors (Lipinski definition) is 1. The van der Waals surface area contributed by atoms with Crippen LogP contribution in [0.5, 0.6) is 0 Å². The van der Waals surface area contributed by atoms with Gasteiger partial charge in [0, 0.05) is 25.9 Å². The van der Waals surface area contributed by atoms with Crippen LogP contribution < -0.4 is 9.80 Å². The van der Waals surface area contributed by atoms with Crippen molar-refractivity contribution in [3.8, 4) is 0 Å². The lowest BCUT2D eigenvalue weighted by atomic mass is 9.95. The molecule has 1 aliphatic rings. The molecule has 0 aliphatic carbocycles. The van der Waals surface area contributed by atoms with Crippen molar-refractivity contribution in [2.75, 3.05) is 23.9 Å². The van der Waals surface area contributed by atoms with E-state index in [1.165, 1.54) is 4.90 Å². The average molecular weight is 458 g/mol. The van der Waals surface area contributed by atoms with E-state index < -0.39 is 17.7 Å². The third kappa shape index (κ3) is 4.14. The van der Waals surface area contributed by atoms with E-state index in [1.807, 2.05) is 31.1 Å². The quantitative estimate of drug-likeness (QED) is 0.351. The van der Waals surface area contributed by atoms with Crippen molar-refractivity contribution in [1.82, 2.24) is 15.2 Å². The van der Waals surface area contributed by atoms with Gasteiger partial charge in [-0.3, -0.25) is 14.5 Å². The summed E-state index contributed by atoms with van der Waals surface area (Å²) in [6, 6.07) is 13.4. The monoisotopic (exact) mass is 457 g/mol. The normalized spacial score (nSPS) is 17.5. The number of carbonyl (C=O) groups excluding carboxylic acids is 2. The predicted octanol–water partition coefficient (Wildman–Crippen LogP) is 4.00. The lowest BCUT2D eigenvalue weighted by molar-refractivity contribution is -0.132. The highest BCUT2D eigenvalue weighted by molar-refractivity contribution is 6.51. The summed E-state index contributed by atoms with van der Waals surface area (Å²) in [7, 11) is 3.74. The van der Waals surface area contributed by atoms with Gasteiger partial charge < -0.3 is 10.0 Å². The summed E-state index contributed by atoms with van der Waals surface area (Å²) in [6.45, 7) is 5.94. The smallest absolute Gasteiger partial charge is 0.301 e. The van der Waals surface area contributed by atoms with E-state index in [1.54, 1.807) is 49.5 Å². The zero-order chi connectivity index (χ0) is 24.6. The maximum absolute atomic E-state index is 13.2. The van der Waals surface area contributed by atoms with E-state index in [0.717, 1.165) is 11.4 Å². The highest BCUT2D eigenvalue weighted by Gasteiger charge is 2.47. The van der Waals surface area contributed by atoms with Crippen LogP contribution in [0, 0.1) is 6.92 Å². The Labute approximate surface area is 198 Å². The second-order valence-electron chi connectivity index (χ2n) is 8.82. The van der Waals surface area contributed by atoms with Gasteiger partial charge in [-0.2, -0.15) is 5.10 Å². The van der Waals surface area contributed by atoms with Gasteiger partial charge in [-0.05, 0) is 42.2 Å². The molecule has 34 heavy (non-hydrogen) atoms. The minimum atomic E-state index is -0.898. The first kappa shape index (κ1) is 23.1. The third-order valence-corrected chi connectivity index (χ3v) is 5.87. The molecule has 0 radical (unpaired) electrons. The Kier molecular flexibility index (Phi) is 6.15. The number of nitrogens with zero attached hydrogens (tertiary/aromatic N) is 5. The third-order valence-electron chi connectivity index (χ3n) is 5.87. The number of carbonyl (C=O) groups is 2. The molecular weight excluding hydrogens is 430 g/mol. The van der Waals surface area contributed by atoms with Crippen molar-refractivity contribution in [1.29, 1.82) is 0 Å². The lowest BCUT2D eigenvalue weighted by Gasteiger charge is -2.24. The standard InChI is InChI=1S/C26H27N5O3/c1-15(2)17-7-9-18(10-8-17)24(32)22-23(19-11-13-20(27-14-19)30(4)5)31(26(34)25(22)33)21-12-6-16(3)28-29-21/h6-15,23,32H,1-5H3. The molecule has 1 saturated heterocycles. The predicted molar refractivity (Wildman–Crippen MR) is 131 cm³/mol. The van der Waals surface area contributed by atoms with Crippen molar-refractivity contribution >= 4 is 29.1 Å². The zero-order valence-electron chi connectivity index (χ0n) is 19.9. The van der Waals surface area contributed by atoms with Gasteiger partial charge in [0.05, 0.1) is 17.3 Å². The average Bonchev–Trinajstić information content (AvgIpc) is 3.09. The van der Waals surface area contributed by atoms with Crippen LogP contribution in [0.1, 0.15) is 48.2 Å². The van der Waals surface area contributed by atoms with Crippen LogP contribution in [0.3, 0.4) is 0 Å². The molecule has 1 atom stereocenters. The molecule has 174 valence electrons. The molecule has 8 heteroatoms. The number of Topliss-reactive ketones (excluding diaryl/α,β-unsaturated/α-hetero) is 1.